The molecule has 3 nitrogen and oxygen atoms in total. The Morgan fingerprint density at radius 1 is 1.42 bits per heavy atom. The quantitative estimate of drug-likeness (QED) is 0.649. The normalized spacial score (nSPS) is 29.4. The molecule has 1 aliphatic heterocycles. The van der Waals surface area contributed by atoms with Crippen LogP contribution in [0, 0.1) is 5.92 Å². The molecule has 12 heavy (non-hydrogen) atoms. The zero-order valence-electron chi connectivity index (χ0n) is 7.20. The minimum atomic E-state index is -0.270. The van der Waals surface area contributed by atoms with Gasteiger partial charge in [0, 0.05) is 19.5 Å². The van der Waals surface area contributed by atoms with Crippen LogP contribution in [0.15, 0.2) is 0 Å². The Labute approximate surface area is 72.4 Å². The van der Waals surface area contributed by atoms with Crippen LogP contribution >= 0.6 is 0 Å². The van der Waals surface area contributed by atoms with E-state index >= 15 is 0 Å². The fraction of sp³-hybridized carbons (Fsp3) is 0.889. The zero-order chi connectivity index (χ0) is 8.55. The molecule has 2 fully saturated rings. The van der Waals surface area contributed by atoms with Crippen LogP contribution < -0.4 is 0 Å². The van der Waals surface area contributed by atoms with Gasteiger partial charge in [-0.1, -0.05) is 0 Å². The lowest BCUT2D eigenvalue weighted by Crippen LogP contribution is -2.29. The van der Waals surface area contributed by atoms with E-state index in [0.29, 0.717) is 18.9 Å². The maximum Gasteiger partial charge on any atom is 0.222 e. The van der Waals surface area contributed by atoms with Crippen LogP contribution in [0.3, 0.4) is 0 Å². The largest absolute Gasteiger partial charge is 0.391 e. The maximum atomic E-state index is 11.5. The topological polar surface area (TPSA) is 40.5 Å². The van der Waals surface area contributed by atoms with Crippen molar-refractivity contribution in [2.45, 2.75) is 31.8 Å². The van der Waals surface area contributed by atoms with Gasteiger partial charge in [0.2, 0.25) is 5.91 Å². The van der Waals surface area contributed by atoms with Gasteiger partial charge in [-0.2, -0.15) is 0 Å². The number of carbonyl (C=O) groups is 1. The number of aliphatic hydroxyl groups excluding tert-OH is 1. The summed E-state index contributed by atoms with van der Waals surface area (Å²) in [4.78, 5) is 13.3. The molecule has 1 heterocycles. The van der Waals surface area contributed by atoms with E-state index in [9.17, 15) is 9.90 Å². The third-order valence-electron chi connectivity index (χ3n) is 2.68. The molecule has 3 heteroatoms. The van der Waals surface area contributed by atoms with Crippen LogP contribution in [0.4, 0.5) is 0 Å². The Kier molecular flexibility index (Phi) is 2.05. The molecule has 1 amide bonds. The van der Waals surface area contributed by atoms with E-state index in [-0.39, 0.29) is 12.0 Å². The van der Waals surface area contributed by atoms with Crippen LogP contribution in [0.25, 0.3) is 0 Å². The first-order valence-corrected chi connectivity index (χ1v) is 4.71. The van der Waals surface area contributed by atoms with Crippen LogP contribution in [0.2, 0.25) is 0 Å². The number of hydrogen-bond donors (Lipinski definition) is 1. The van der Waals surface area contributed by atoms with Gasteiger partial charge in [0.1, 0.15) is 0 Å². The van der Waals surface area contributed by atoms with Gasteiger partial charge in [0.15, 0.2) is 0 Å². The number of aliphatic hydroxyl groups is 1. The third kappa shape index (κ3) is 1.78. The molecule has 0 spiro atoms. The molecule has 1 aliphatic carbocycles. The average molecular weight is 169 g/mol. The predicted molar refractivity (Wildman–Crippen MR) is 44.5 cm³/mol. The molecule has 1 N–H and O–H groups in total. The highest BCUT2D eigenvalue weighted by Gasteiger charge is 2.30. The molecule has 2 aliphatic rings. The minimum Gasteiger partial charge on any atom is -0.391 e. The lowest BCUT2D eigenvalue weighted by atomic mass is 10.2. The molecule has 0 radical (unpaired) electrons. The first-order valence-electron chi connectivity index (χ1n) is 4.71. The molecule has 1 saturated carbocycles. The summed E-state index contributed by atoms with van der Waals surface area (Å²) in [6, 6.07) is 0. The predicted octanol–water partition coefficient (Wildman–Crippen LogP) is 0.380. The van der Waals surface area contributed by atoms with E-state index in [4.69, 9.17) is 0 Å². The van der Waals surface area contributed by atoms with Crippen molar-refractivity contribution < 1.29 is 9.90 Å². The monoisotopic (exact) mass is 169 g/mol. The Morgan fingerprint density at radius 2 is 2.17 bits per heavy atom. The van der Waals surface area contributed by atoms with Gasteiger partial charge in [-0.3, -0.25) is 4.79 Å². The molecular weight excluding hydrogens is 154 g/mol. The smallest absolute Gasteiger partial charge is 0.222 e. The minimum absolute atomic E-state index is 0.244. The summed E-state index contributed by atoms with van der Waals surface area (Å²) in [5, 5.41) is 9.20. The molecule has 0 unspecified atom stereocenters. The highest BCUT2D eigenvalue weighted by molar-refractivity contribution is 5.77. The van der Waals surface area contributed by atoms with Crippen molar-refractivity contribution >= 4 is 5.91 Å². The Bertz CT molecular complexity index is 189. The van der Waals surface area contributed by atoms with Crippen molar-refractivity contribution in [1.82, 2.24) is 4.90 Å². The van der Waals surface area contributed by atoms with Gasteiger partial charge >= 0.3 is 0 Å². The number of likely N-dealkylation sites (tertiary alicyclic amines) is 1. The second-order valence-electron chi connectivity index (χ2n) is 3.93. The summed E-state index contributed by atoms with van der Waals surface area (Å²) in [6.07, 6.45) is 3.65. The Hall–Kier alpha value is -0.570. The molecule has 0 aromatic heterocycles. The number of nitrogens with zero attached hydrogens (tertiary/aromatic N) is 1. The number of carbonyl (C=O) groups excluding carboxylic acids is 1. The summed E-state index contributed by atoms with van der Waals surface area (Å²) in [5.74, 6) is 0.907. The zero-order valence-corrected chi connectivity index (χ0v) is 7.20. The first-order chi connectivity index (χ1) is 5.75. The second kappa shape index (κ2) is 3.05. The second-order valence-corrected chi connectivity index (χ2v) is 3.93. The Morgan fingerprint density at radius 3 is 2.67 bits per heavy atom. The maximum absolute atomic E-state index is 11.5. The third-order valence-corrected chi connectivity index (χ3v) is 2.68. The van der Waals surface area contributed by atoms with E-state index in [1.807, 2.05) is 0 Å². The molecule has 0 aromatic rings. The first kappa shape index (κ1) is 8.05. The van der Waals surface area contributed by atoms with Gasteiger partial charge in [-0.25, -0.2) is 0 Å². The molecule has 1 saturated heterocycles. The molecule has 2 rings (SSSR count). The number of β-amino-alcohol motifs (C(OH)–C–C–N with tert-alkyl or cyclic N) is 1. The van der Waals surface area contributed by atoms with Gasteiger partial charge in [0.25, 0.3) is 0 Å². The summed E-state index contributed by atoms with van der Waals surface area (Å²) in [5.41, 5.74) is 0. The van der Waals surface area contributed by atoms with E-state index < -0.39 is 0 Å². The van der Waals surface area contributed by atoms with Gasteiger partial charge in [0.05, 0.1) is 6.10 Å². The van der Waals surface area contributed by atoms with Crippen molar-refractivity contribution in [2.75, 3.05) is 13.1 Å². The number of amides is 1. The number of rotatable bonds is 2. The van der Waals surface area contributed by atoms with Crippen LogP contribution in [-0.2, 0) is 4.79 Å². The van der Waals surface area contributed by atoms with Crippen molar-refractivity contribution in [2.24, 2.45) is 5.92 Å². The molecule has 1 atom stereocenters. The molecule has 0 bridgehead atoms. The standard InChI is InChI=1S/C9H15NO2/c11-8-3-4-10(6-8)9(12)5-7-1-2-7/h7-8,11H,1-6H2/t8-/m1/s1. The van der Waals surface area contributed by atoms with Gasteiger partial charge < -0.3 is 10.0 Å². The van der Waals surface area contributed by atoms with E-state index in [1.165, 1.54) is 12.8 Å². The van der Waals surface area contributed by atoms with Crippen LogP contribution in [0.1, 0.15) is 25.7 Å². The fourth-order valence-electron chi connectivity index (χ4n) is 1.67. The number of hydrogen-bond acceptors (Lipinski definition) is 2. The summed E-state index contributed by atoms with van der Waals surface area (Å²) < 4.78 is 0. The van der Waals surface area contributed by atoms with Crippen LogP contribution in [-0.4, -0.2) is 35.1 Å². The lowest BCUT2D eigenvalue weighted by molar-refractivity contribution is -0.130. The average Bonchev–Trinajstić information content (AvgIpc) is 2.72. The summed E-state index contributed by atoms with van der Waals surface area (Å²) in [6.45, 7) is 1.32. The van der Waals surface area contributed by atoms with E-state index in [1.54, 1.807) is 4.90 Å². The van der Waals surface area contributed by atoms with Crippen LogP contribution in [0.5, 0.6) is 0 Å². The lowest BCUT2D eigenvalue weighted by Gasteiger charge is -2.14. The summed E-state index contributed by atoms with van der Waals surface area (Å²) in [7, 11) is 0. The van der Waals surface area contributed by atoms with Crippen molar-refractivity contribution in [3.63, 3.8) is 0 Å². The molecule has 0 aromatic carbocycles. The Balaban J connectivity index is 1.79. The van der Waals surface area contributed by atoms with Crippen molar-refractivity contribution in [3.8, 4) is 0 Å². The highest BCUT2D eigenvalue weighted by atomic mass is 16.3. The van der Waals surface area contributed by atoms with Crippen molar-refractivity contribution in [1.29, 1.82) is 0 Å². The van der Waals surface area contributed by atoms with Gasteiger partial charge in [-0.05, 0) is 25.2 Å². The van der Waals surface area contributed by atoms with E-state index in [0.717, 1.165) is 13.0 Å². The summed E-state index contributed by atoms with van der Waals surface area (Å²) >= 11 is 0. The van der Waals surface area contributed by atoms with Crippen molar-refractivity contribution in [3.05, 3.63) is 0 Å². The highest BCUT2D eigenvalue weighted by Crippen LogP contribution is 2.33. The SMILES string of the molecule is O=C(CC1CC1)N1CC[C@@H](O)C1. The van der Waals surface area contributed by atoms with Gasteiger partial charge in [-0.15, -0.1) is 0 Å². The fourth-order valence-corrected chi connectivity index (χ4v) is 1.67. The molecule has 68 valence electrons. The van der Waals surface area contributed by atoms with E-state index in [2.05, 4.69) is 0 Å². The molecular formula is C9H15NO2.